The van der Waals surface area contributed by atoms with Crippen LogP contribution in [0.15, 0.2) is 81.0 Å². The molecule has 3 aromatic rings. The molecule has 1 fully saturated rings. The second kappa shape index (κ2) is 19.4. The molecule has 0 unspecified atom stereocenters. The van der Waals surface area contributed by atoms with Gasteiger partial charge >= 0.3 is 35.5 Å². The van der Waals surface area contributed by atoms with Crippen LogP contribution in [-0.4, -0.2) is 73.8 Å². The molecule has 55 heavy (non-hydrogen) atoms. The van der Waals surface area contributed by atoms with E-state index < -0.39 is 78.5 Å². The standard InChI is InChI=1S/C40H44O15/c1-22(2)12-11-13-23(3)18-19-47-33-30-17-16-29(20-31(30)53-39(46)36(33)55-38(45)28-14-9-8-10-15-28)52-40-37(51-27(7)44)35(50-26(6)43)34(49-25(5)42)32(54-40)21-48-24(4)41/h8-10,12,14-18,20,32,34-35,37,40H,11,13,19,21H2,1-7H3/b23-18+/t32-,34-,35+,37+,40+/m1/s1. The lowest BCUT2D eigenvalue weighted by molar-refractivity contribution is -0.288. The summed E-state index contributed by atoms with van der Waals surface area (Å²) in [6, 6.07) is 12.3. The summed E-state index contributed by atoms with van der Waals surface area (Å²) in [5, 5.41) is 0.236. The summed E-state index contributed by atoms with van der Waals surface area (Å²) in [4.78, 5) is 74.8. The molecule has 1 aromatic heterocycles. The van der Waals surface area contributed by atoms with Crippen molar-refractivity contribution in [2.75, 3.05) is 13.2 Å². The van der Waals surface area contributed by atoms with Crippen molar-refractivity contribution in [1.82, 2.24) is 0 Å². The average Bonchev–Trinajstić information content (AvgIpc) is 3.10. The van der Waals surface area contributed by atoms with E-state index in [1.807, 2.05) is 26.8 Å². The van der Waals surface area contributed by atoms with Gasteiger partial charge in [0.15, 0.2) is 18.0 Å². The lowest BCUT2D eigenvalue weighted by atomic mass is 9.98. The maximum absolute atomic E-state index is 13.4. The largest absolute Gasteiger partial charge is 0.485 e. The fourth-order valence-corrected chi connectivity index (χ4v) is 5.54. The molecule has 0 aliphatic carbocycles. The van der Waals surface area contributed by atoms with Gasteiger partial charge in [0.05, 0.1) is 10.9 Å². The zero-order valence-electron chi connectivity index (χ0n) is 31.6. The number of rotatable bonds is 15. The van der Waals surface area contributed by atoms with Crippen molar-refractivity contribution in [3.8, 4) is 17.2 Å². The summed E-state index contributed by atoms with van der Waals surface area (Å²) in [5.41, 5.74) is 1.35. The molecule has 0 bridgehead atoms. The smallest absolute Gasteiger partial charge is 0.383 e. The minimum Gasteiger partial charge on any atom is -0.485 e. The van der Waals surface area contributed by atoms with Crippen LogP contribution in [0.5, 0.6) is 17.2 Å². The first-order valence-electron chi connectivity index (χ1n) is 17.4. The lowest BCUT2D eigenvalue weighted by Gasteiger charge is -2.43. The van der Waals surface area contributed by atoms with Crippen molar-refractivity contribution in [2.24, 2.45) is 0 Å². The lowest BCUT2D eigenvalue weighted by Crippen LogP contribution is -2.63. The Morgan fingerprint density at radius 1 is 0.745 bits per heavy atom. The van der Waals surface area contributed by atoms with E-state index in [2.05, 4.69) is 6.08 Å². The third-order valence-corrected chi connectivity index (χ3v) is 7.95. The normalized spacial score (nSPS) is 19.4. The summed E-state index contributed by atoms with van der Waals surface area (Å²) in [5.74, 6) is -4.43. The molecule has 0 N–H and O–H groups in total. The number of carbonyl (C=O) groups excluding carboxylic acids is 5. The Morgan fingerprint density at radius 3 is 2.04 bits per heavy atom. The van der Waals surface area contributed by atoms with Crippen molar-refractivity contribution in [2.45, 2.75) is 92.0 Å². The molecule has 0 radical (unpaired) electrons. The third-order valence-electron chi connectivity index (χ3n) is 7.95. The SMILES string of the molecule is CC(=O)OC[C@H]1O[C@H](Oc2ccc3c(OC/C=C(\C)CCC=C(C)C)c(OC(=O)c4ccccc4)c(=O)oc3c2)[C@@H](OC(C)=O)[C@@H](OC(C)=O)[C@@H]1OC(C)=O. The van der Waals surface area contributed by atoms with Gasteiger partial charge in [-0.2, -0.15) is 0 Å². The fourth-order valence-electron chi connectivity index (χ4n) is 5.54. The summed E-state index contributed by atoms with van der Waals surface area (Å²) in [7, 11) is 0. The number of allylic oxidation sites excluding steroid dienone is 3. The van der Waals surface area contributed by atoms with Gasteiger partial charge in [-0.05, 0) is 64.0 Å². The second-order valence-corrected chi connectivity index (χ2v) is 12.8. The van der Waals surface area contributed by atoms with E-state index >= 15 is 0 Å². The molecule has 1 aliphatic heterocycles. The summed E-state index contributed by atoms with van der Waals surface area (Å²) >= 11 is 0. The minimum atomic E-state index is -1.55. The molecular formula is C40H44O15. The molecule has 2 heterocycles. The Labute approximate surface area is 317 Å². The van der Waals surface area contributed by atoms with Gasteiger partial charge in [-0.1, -0.05) is 35.4 Å². The minimum absolute atomic E-state index is 0.00606. The molecule has 15 heteroatoms. The van der Waals surface area contributed by atoms with Crippen LogP contribution in [0, 0.1) is 0 Å². The van der Waals surface area contributed by atoms with Gasteiger partial charge in [0.25, 0.3) is 5.75 Å². The molecule has 1 aliphatic rings. The number of esters is 5. The molecule has 15 nitrogen and oxygen atoms in total. The maximum Gasteiger partial charge on any atom is 0.383 e. The number of benzene rings is 2. The van der Waals surface area contributed by atoms with E-state index in [0.717, 1.165) is 46.1 Å². The van der Waals surface area contributed by atoms with Crippen LogP contribution < -0.4 is 19.8 Å². The van der Waals surface area contributed by atoms with Crippen LogP contribution in [0.2, 0.25) is 0 Å². The first kappa shape index (κ1) is 41.8. The van der Waals surface area contributed by atoms with Gasteiger partial charge in [0.2, 0.25) is 12.4 Å². The second-order valence-electron chi connectivity index (χ2n) is 12.8. The van der Waals surface area contributed by atoms with Gasteiger partial charge in [-0.3, -0.25) is 19.2 Å². The van der Waals surface area contributed by atoms with Crippen molar-refractivity contribution in [3.05, 3.63) is 87.8 Å². The van der Waals surface area contributed by atoms with Crippen LogP contribution in [-0.2, 0) is 42.9 Å². The first-order chi connectivity index (χ1) is 26.1. The van der Waals surface area contributed by atoms with Crippen molar-refractivity contribution >= 4 is 40.8 Å². The zero-order chi connectivity index (χ0) is 40.2. The fraction of sp³-hybridized carbons (Fsp3) is 0.400. The highest BCUT2D eigenvalue weighted by Crippen LogP contribution is 2.37. The Balaban J connectivity index is 1.74. The van der Waals surface area contributed by atoms with Crippen molar-refractivity contribution < 1.29 is 66.3 Å². The van der Waals surface area contributed by atoms with E-state index in [1.54, 1.807) is 18.2 Å². The van der Waals surface area contributed by atoms with Crippen LogP contribution >= 0.6 is 0 Å². The highest BCUT2D eigenvalue weighted by molar-refractivity contribution is 5.93. The predicted molar refractivity (Wildman–Crippen MR) is 194 cm³/mol. The van der Waals surface area contributed by atoms with E-state index in [4.69, 9.17) is 42.3 Å². The average molecular weight is 765 g/mol. The monoisotopic (exact) mass is 764 g/mol. The number of fused-ring (bicyclic) bond motifs is 1. The highest BCUT2D eigenvalue weighted by Gasteiger charge is 2.53. The maximum atomic E-state index is 13.4. The number of carbonyl (C=O) groups is 5. The predicted octanol–water partition coefficient (Wildman–Crippen LogP) is 5.55. The molecular weight excluding hydrogens is 720 g/mol. The van der Waals surface area contributed by atoms with Crippen LogP contribution in [0.4, 0.5) is 0 Å². The molecule has 2 aromatic carbocycles. The van der Waals surface area contributed by atoms with Crippen molar-refractivity contribution in [3.63, 3.8) is 0 Å². The van der Waals surface area contributed by atoms with Crippen LogP contribution in [0.3, 0.4) is 0 Å². The Kier molecular flexibility index (Phi) is 14.7. The third kappa shape index (κ3) is 12.0. The van der Waals surface area contributed by atoms with E-state index in [9.17, 15) is 28.8 Å². The molecule has 0 spiro atoms. The number of hydrogen-bond donors (Lipinski definition) is 0. The van der Waals surface area contributed by atoms with Gasteiger partial charge < -0.3 is 42.3 Å². The van der Waals surface area contributed by atoms with E-state index in [1.165, 1.54) is 35.9 Å². The summed E-state index contributed by atoms with van der Waals surface area (Å²) in [6.07, 6.45) is -1.58. The number of ether oxygens (including phenoxy) is 8. The first-order valence-corrected chi connectivity index (χ1v) is 17.4. The van der Waals surface area contributed by atoms with Gasteiger partial charge in [-0.15, -0.1) is 0 Å². The molecule has 0 amide bonds. The van der Waals surface area contributed by atoms with Gasteiger partial charge in [-0.25, -0.2) is 9.59 Å². The summed E-state index contributed by atoms with van der Waals surface area (Å²) < 4.78 is 50.8. The molecule has 5 atom stereocenters. The Bertz CT molecular complexity index is 1990. The molecule has 294 valence electrons. The van der Waals surface area contributed by atoms with Crippen molar-refractivity contribution in [1.29, 1.82) is 0 Å². The molecule has 4 rings (SSSR count). The van der Waals surface area contributed by atoms with Gasteiger partial charge in [0.1, 0.15) is 30.7 Å². The Morgan fingerprint density at radius 2 is 1.40 bits per heavy atom. The quantitative estimate of drug-likeness (QED) is 0.0810. The van der Waals surface area contributed by atoms with E-state index in [-0.39, 0.29) is 34.6 Å². The van der Waals surface area contributed by atoms with Gasteiger partial charge in [0, 0.05) is 33.8 Å². The zero-order valence-corrected chi connectivity index (χ0v) is 31.6. The van der Waals surface area contributed by atoms with E-state index in [0.29, 0.717) is 0 Å². The van der Waals surface area contributed by atoms with Crippen LogP contribution in [0.1, 0.15) is 71.7 Å². The molecule has 1 saturated heterocycles. The highest BCUT2D eigenvalue weighted by atomic mass is 16.7. The number of hydrogen-bond acceptors (Lipinski definition) is 15. The Hall–Kier alpha value is -5.96. The molecule has 0 saturated carbocycles. The van der Waals surface area contributed by atoms with Crippen LogP contribution in [0.25, 0.3) is 11.0 Å². The topological polar surface area (TPSA) is 189 Å². The summed E-state index contributed by atoms with van der Waals surface area (Å²) in [6.45, 7) is 10.0.